The second-order valence-corrected chi connectivity index (χ2v) is 8.54. The maximum atomic E-state index is 12.8. The Kier molecular flexibility index (Phi) is 6.49. The highest BCUT2D eigenvalue weighted by molar-refractivity contribution is 5.91. The molecule has 5 rings (SSSR count). The number of benzene rings is 3. The van der Waals surface area contributed by atoms with Crippen LogP contribution in [0, 0.1) is 6.92 Å². The molecule has 2 heterocycles. The smallest absolute Gasteiger partial charge is 0.144 e. The molecule has 6 nitrogen and oxygen atoms in total. The van der Waals surface area contributed by atoms with E-state index in [2.05, 4.69) is 4.90 Å². The van der Waals surface area contributed by atoms with E-state index in [4.69, 9.17) is 19.4 Å². The summed E-state index contributed by atoms with van der Waals surface area (Å²) in [5.74, 6) is 2.98. The van der Waals surface area contributed by atoms with Gasteiger partial charge in [-0.3, -0.25) is 4.79 Å². The Morgan fingerprint density at radius 3 is 2.50 bits per heavy atom. The van der Waals surface area contributed by atoms with Crippen LogP contribution in [0.3, 0.4) is 0 Å². The molecule has 1 saturated heterocycles. The molecule has 0 amide bonds. The Labute approximate surface area is 199 Å². The molecule has 0 aliphatic carbocycles. The van der Waals surface area contributed by atoms with Gasteiger partial charge in [0.15, 0.2) is 0 Å². The third-order valence-corrected chi connectivity index (χ3v) is 5.83. The van der Waals surface area contributed by atoms with Gasteiger partial charge in [0, 0.05) is 24.9 Å². The number of nitrogens with zero attached hydrogens (tertiary/aromatic N) is 3. The van der Waals surface area contributed by atoms with Gasteiger partial charge in [-0.2, -0.15) is 0 Å². The molecule has 1 aliphatic rings. The van der Waals surface area contributed by atoms with Crippen molar-refractivity contribution in [2.75, 3.05) is 31.2 Å². The predicted molar refractivity (Wildman–Crippen MR) is 133 cm³/mol. The first-order chi connectivity index (χ1) is 16.6. The van der Waals surface area contributed by atoms with Crippen LogP contribution < -0.4 is 9.64 Å². The molecule has 172 valence electrons. The van der Waals surface area contributed by atoms with E-state index in [0.717, 1.165) is 52.4 Å². The molecule has 0 unspecified atom stereocenters. The fourth-order valence-corrected chi connectivity index (χ4v) is 4.17. The van der Waals surface area contributed by atoms with Gasteiger partial charge in [-0.05, 0) is 48.4 Å². The zero-order chi connectivity index (χ0) is 23.3. The van der Waals surface area contributed by atoms with Gasteiger partial charge in [0.25, 0.3) is 0 Å². The van der Waals surface area contributed by atoms with Crippen molar-refractivity contribution in [1.82, 2.24) is 9.97 Å². The second-order valence-electron chi connectivity index (χ2n) is 8.54. The predicted octanol–water partition coefficient (Wildman–Crippen LogP) is 4.92. The number of hydrogen-bond donors (Lipinski definition) is 0. The van der Waals surface area contributed by atoms with E-state index in [1.54, 1.807) is 0 Å². The minimum atomic E-state index is 0.0953. The highest BCUT2D eigenvalue weighted by Crippen LogP contribution is 2.31. The lowest BCUT2D eigenvalue weighted by Crippen LogP contribution is -2.37. The average molecular weight is 454 g/mol. The van der Waals surface area contributed by atoms with Crippen LogP contribution in [-0.2, 0) is 22.4 Å². The monoisotopic (exact) mass is 453 g/mol. The Bertz CT molecular complexity index is 1300. The van der Waals surface area contributed by atoms with Crippen molar-refractivity contribution in [2.24, 2.45) is 0 Å². The highest BCUT2D eigenvalue weighted by Gasteiger charge is 2.19. The molecule has 4 aromatic rings. The molecule has 0 radical (unpaired) electrons. The Morgan fingerprint density at radius 1 is 0.912 bits per heavy atom. The molecule has 0 saturated carbocycles. The number of aryl methyl sites for hydroxylation is 1. The first-order valence-corrected chi connectivity index (χ1v) is 11.6. The van der Waals surface area contributed by atoms with Gasteiger partial charge in [0.05, 0.1) is 25.2 Å². The molecule has 0 bridgehead atoms. The zero-order valence-electron chi connectivity index (χ0n) is 19.2. The van der Waals surface area contributed by atoms with Crippen molar-refractivity contribution in [3.05, 3.63) is 89.7 Å². The van der Waals surface area contributed by atoms with Crippen LogP contribution in [0.5, 0.6) is 11.5 Å². The molecule has 34 heavy (non-hydrogen) atoms. The lowest BCUT2D eigenvalue weighted by Gasteiger charge is -2.29. The summed E-state index contributed by atoms with van der Waals surface area (Å²) in [7, 11) is 0. The Balaban J connectivity index is 1.46. The fourth-order valence-electron chi connectivity index (χ4n) is 4.17. The molecule has 6 heteroatoms. The number of morpholine rings is 1. The molecule has 0 spiro atoms. The number of carbonyl (C=O) groups is 1. The first kappa shape index (κ1) is 22.0. The largest absolute Gasteiger partial charge is 0.457 e. The van der Waals surface area contributed by atoms with Gasteiger partial charge in [0.1, 0.15) is 28.9 Å². The number of rotatable bonds is 7. The number of aromatic nitrogens is 2. The maximum Gasteiger partial charge on any atom is 0.144 e. The standard InChI is InChI=1S/C28H27N3O3/c1-20-6-5-9-23(16-20)34-24-10-11-26-25(19-24)28(31-12-14-33-15-13-31)30-27(29-26)18-22(32)17-21-7-3-2-4-8-21/h2-11,16,19H,12-15,17-18H2,1H3. The summed E-state index contributed by atoms with van der Waals surface area (Å²) in [6.07, 6.45) is 0.572. The van der Waals surface area contributed by atoms with Crippen LogP contribution in [0.25, 0.3) is 10.9 Å². The maximum absolute atomic E-state index is 12.8. The summed E-state index contributed by atoms with van der Waals surface area (Å²) in [5.41, 5.74) is 2.94. The van der Waals surface area contributed by atoms with Crippen LogP contribution in [0.15, 0.2) is 72.8 Å². The topological polar surface area (TPSA) is 64.5 Å². The molecule has 1 aromatic heterocycles. The van der Waals surface area contributed by atoms with Crippen LogP contribution in [-0.4, -0.2) is 42.1 Å². The number of Topliss-reactive ketones (excluding diaryl/α,β-unsaturated/α-hetero) is 1. The summed E-state index contributed by atoms with van der Waals surface area (Å²) in [4.78, 5) is 24.5. The first-order valence-electron chi connectivity index (χ1n) is 11.6. The van der Waals surface area contributed by atoms with E-state index in [1.807, 2.05) is 79.7 Å². The van der Waals surface area contributed by atoms with Crippen molar-refractivity contribution >= 4 is 22.5 Å². The van der Waals surface area contributed by atoms with Crippen molar-refractivity contribution in [2.45, 2.75) is 19.8 Å². The average Bonchev–Trinajstić information content (AvgIpc) is 2.85. The molecule has 0 atom stereocenters. The van der Waals surface area contributed by atoms with E-state index in [-0.39, 0.29) is 12.2 Å². The minimum Gasteiger partial charge on any atom is -0.457 e. The number of anilines is 1. The summed E-state index contributed by atoms with van der Waals surface area (Å²) in [6.45, 7) is 4.82. The van der Waals surface area contributed by atoms with Gasteiger partial charge in [0.2, 0.25) is 0 Å². The van der Waals surface area contributed by atoms with Crippen molar-refractivity contribution in [3.8, 4) is 11.5 Å². The van der Waals surface area contributed by atoms with Crippen LogP contribution in [0.2, 0.25) is 0 Å². The summed E-state index contributed by atoms with van der Waals surface area (Å²) >= 11 is 0. The van der Waals surface area contributed by atoms with Crippen LogP contribution in [0.4, 0.5) is 5.82 Å². The zero-order valence-corrected chi connectivity index (χ0v) is 19.2. The van der Waals surface area contributed by atoms with Crippen molar-refractivity contribution in [3.63, 3.8) is 0 Å². The van der Waals surface area contributed by atoms with Gasteiger partial charge in [-0.25, -0.2) is 9.97 Å². The van der Waals surface area contributed by atoms with Gasteiger partial charge >= 0.3 is 0 Å². The van der Waals surface area contributed by atoms with Crippen LogP contribution >= 0.6 is 0 Å². The quantitative estimate of drug-likeness (QED) is 0.396. The van der Waals surface area contributed by atoms with Gasteiger partial charge in [-0.1, -0.05) is 42.5 Å². The van der Waals surface area contributed by atoms with Crippen molar-refractivity contribution < 1.29 is 14.3 Å². The van der Waals surface area contributed by atoms with E-state index in [9.17, 15) is 4.79 Å². The normalized spacial score (nSPS) is 13.7. The van der Waals surface area contributed by atoms with Crippen LogP contribution in [0.1, 0.15) is 17.0 Å². The van der Waals surface area contributed by atoms with E-state index < -0.39 is 0 Å². The molecular formula is C28H27N3O3. The summed E-state index contributed by atoms with van der Waals surface area (Å²) in [6, 6.07) is 23.6. The van der Waals surface area contributed by atoms with E-state index >= 15 is 0 Å². The van der Waals surface area contributed by atoms with Crippen molar-refractivity contribution in [1.29, 1.82) is 0 Å². The Morgan fingerprint density at radius 2 is 1.71 bits per heavy atom. The number of hydrogen-bond acceptors (Lipinski definition) is 6. The molecule has 1 fully saturated rings. The fraction of sp³-hybridized carbons (Fsp3) is 0.250. The lowest BCUT2D eigenvalue weighted by molar-refractivity contribution is -0.117. The van der Waals surface area contributed by atoms with Gasteiger partial charge in [-0.15, -0.1) is 0 Å². The van der Waals surface area contributed by atoms with E-state index in [0.29, 0.717) is 25.5 Å². The number of ether oxygens (including phenoxy) is 2. The molecule has 1 aliphatic heterocycles. The third kappa shape index (κ3) is 5.24. The lowest BCUT2D eigenvalue weighted by atomic mass is 10.1. The SMILES string of the molecule is Cc1cccc(Oc2ccc3nc(CC(=O)Cc4ccccc4)nc(N4CCOCC4)c3c2)c1. The molecular weight excluding hydrogens is 426 g/mol. The third-order valence-electron chi connectivity index (χ3n) is 5.83. The summed E-state index contributed by atoms with van der Waals surface area (Å²) < 4.78 is 11.7. The van der Waals surface area contributed by atoms with E-state index in [1.165, 1.54) is 0 Å². The number of carbonyl (C=O) groups excluding carboxylic acids is 1. The second kappa shape index (κ2) is 10.0. The van der Waals surface area contributed by atoms with Gasteiger partial charge < -0.3 is 14.4 Å². The number of fused-ring (bicyclic) bond motifs is 1. The highest BCUT2D eigenvalue weighted by atomic mass is 16.5. The minimum absolute atomic E-state index is 0.0953. The molecule has 0 N–H and O–H groups in total. The summed E-state index contributed by atoms with van der Waals surface area (Å²) in [5, 5.41) is 0.909. The Hall–Kier alpha value is -3.77. The number of ketones is 1. The molecule has 3 aromatic carbocycles.